The molecule has 5 N–H and O–H groups in total. The first kappa shape index (κ1) is 15.2. The van der Waals surface area contributed by atoms with Crippen molar-refractivity contribution >= 4 is 17.9 Å². The van der Waals surface area contributed by atoms with Gasteiger partial charge in [0.1, 0.15) is 0 Å². The summed E-state index contributed by atoms with van der Waals surface area (Å²) in [6.45, 7) is 1.24. The van der Waals surface area contributed by atoms with Crippen LogP contribution in [0, 0.1) is 5.92 Å². The maximum atomic E-state index is 11.3. The van der Waals surface area contributed by atoms with E-state index in [2.05, 4.69) is 16.0 Å². The summed E-state index contributed by atoms with van der Waals surface area (Å²) in [4.78, 5) is 33.1. The number of carboxylic acid groups (broad SMARTS) is 1. The summed E-state index contributed by atoms with van der Waals surface area (Å²) < 4.78 is 0. The highest BCUT2D eigenvalue weighted by atomic mass is 16.4. The van der Waals surface area contributed by atoms with Crippen molar-refractivity contribution in [2.75, 3.05) is 19.6 Å². The normalized spacial score (nSPS) is 17.2. The van der Waals surface area contributed by atoms with Gasteiger partial charge < -0.3 is 26.2 Å². The quantitative estimate of drug-likeness (QED) is 0.366. The number of carbonyl (C=O) groups is 3. The number of urea groups is 1. The minimum Gasteiger partial charge on any atom is -0.479 e. The number of rotatable bonds is 7. The van der Waals surface area contributed by atoms with E-state index in [1.54, 1.807) is 0 Å². The van der Waals surface area contributed by atoms with Gasteiger partial charge in [0.2, 0.25) is 5.91 Å². The average Bonchev–Trinajstić information content (AvgIpc) is 3.15. The van der Waals surface area contributed by atoms with Crippen LogP contribution < -0.4 is 16.0 Å². The zero-order valence-corrected chi connectivity index (χ0v) is 10.7. The third kappa shape index (κ3) is 5.56. The molecule has 0 aliphatic heterocycles. The SMILES string of the molecule is CC(O)(CNC(=O)NCCNC(=O)C1CC1)C(=O)O. The molecule has 1 atom stereocenters. The van der Waals surface area contributed by atoms with Crippen LogP contribution >= 0.6 is 0 Å². The molecule has 0 spiro atoms. The first-order chi connectivity index (χ1) is 8.83. The van der Waals surface area contributed by atoms with E-state index >= 15 is 0 Å². The minimum atomic E-state index is -2.00. The van der Waals surface area contributed by atoms with Crippen LogP contribution in [0.3, 0.4) is 0 Å². The number of amides is 3. The molecular formula is C11H19N3O5. The molecule has 8 heteroatoms. The molecule has 0 radical (unpaired) electrons. The molecule has 19 heavy (non-hydrogen) atoms. The molecule has 1 aliphatic carbocycles. The fraction of sp³-hybridized carbons (Fsp3) is 0.727. The van der Waals surface area contributed by atoms with E-state index in [0.29, 0.717) is 6.54 Å². The molecule has 1 saturated carbocycles. The highest BCUT2D eigenvalue weighted by molar-refractivity contribution is 5.81. The van der Waals surface area contributed by atoms with E-state index in [4.69, 9.17) is 5.11 Å². The van der Waals surface area contributed by atoms with Crippen molar-refractivity contribution in [2.45, 2.75) is 25.4 Å². The van der Waals surface area contributed by atoms with E-state index in [1.807, 2.05) is 0 Å². The fourth-order valence-corrected chi connectivity index (χ4v) is 1.24. The second-order valence-corrected chi connectivity index (χ2v) is 4.75. The lowest BCUT2D eigenvalue weighted by atomic mass is 10.1. The number of carbonyl (C=O) groups excluding carboxylic acids is 2. The Hall–Kier alpha value is -1.83. The van der Waals surface area contributed by atoms with Gasteiger partial charge >= 0.3 is 12.0 Å². The van der Waals surface area contributed by atoms with Gasteiger partial charge in [-0.1, -0.05) is 0 Å². The van der Waals surface area contributed by atoms with Gasteiger partial charge in [-0.05, 0) is 19.8 Å². The van der Waals surface area contributed by atoms with Crippen LogP contribution in [-0.2, 0) is 9.59 Å². The molecular weight excluding hydrogens is 254 g/mol. The summed E-state index contributed by atoms with van der Waals surface area (Å²) in [5.74, 6) is -1.29. The molecule has 0 aromatic rings. The van der Waals surface area contributed by atoms with Crippen LogP contribution in [0.15, 0.2) is 0 Å². The number of aliphatic hydroxyl groups is 1. The number of carboxylic acids is 1. The Morgan fingerprint density at radius 2 is 1.74 bits per heavy atom. The zero-order valence-electron chi connectivity index (χ0n) is 10.7. The molecule has 1 rings (SSSR count). The molecule has 0 bridgehead atoms. The topological polar surface area (TPSA) is 128 Å². The van der Waals surface area contributed by atoms with E-state index in [1.165, 1.54) is 0 Å². The summed E-state index contributed by atoms with van der Waals surface area (Å²) in [6, 6.07) is -0.595. The maximum Gasteiger partial charge on any atom is 0.337 e. The molecule has 1 aliphatic rings. The molecule has 3 amide bonds. The number of nitrogens with one attached hydrogen (secondary N) is 3. The van der Waals surface area contributed by atoms with Crippen molar-refractivity contribution in [1.82, 2.24) is 16.0 Å². The molecule has 1 unspecified atom stereocenters. The highest BCUT2D eigenvalue weighted by Crippen LogP contribution is 2.28. The van der Waals surface area contributed by atoms with Gasteiger partial charge in [0.05, 0.1) is 6.54 Å². The van der Waals surface area contributed by atoms with Crippen molar-refractivity contribution in [3.63, 3.8) is 0 Å². The standard InChI is InChI=1S/C11H19N3O5/c1-11(19,9(16)17)6-14-10(18)13-5-4-12-8(15)7-2-3-7/h7,19H,2-6H2,1H3,(H,12,15)(H,16,17)(H2,13,14,18). The minimum absolute atomic E-state index is 0.00369. The first-order valence-corrected chi connectivity index (χ1v) is 6.08. The van der Waals surface area contributed by atoms with E-state index in [0.717, 1.165) is 19.8 Å². The molecule has 8 nitrogen and oxygen atoms in total. The fourth-order valence-electron chi connectivity index (χ4n) is 1.24. The highest BCUT2D eigenvalue weighted by Gasteiger charge is 2.30. The zero-order chi connectivity index (χ0) is 14.5. The van der Waals surface area contributed by atoms with Gasteiger partial charge in [-0.3, -0.25) is 4.79 Å². The van der Waals surface area contributed by atoms with Gasteiger partial charge in [-0.2, -0.15) is 0 Å². The summed E-state index contributed by atoms with van der Waals surface area (Å²) in [5, 5.41) is 25.3. The average molecular weight is 273 g/mol. The second kappa shape index (κ2) is 6.37. The summed E-state index contributed by atoms with van der Waals surface area (Å²) in [6.07, 6.45) is 1.84. The molecule has 0 aromatic heterocycles. The van der Waals surface area contributed by atoms with Crippen molar-refractivity contribution in [2.24, 2.45) is 5.92 Å². The Labute approximate surface area is 110 Å². The van der Waals surface area contributed by atoms with Crippen LogP contribution in [0.5, 0.6) is 0 Å². The van der Waals surface area contributed by atoms with E-state index in [-0.39, 0.29) is 18.4 Å². The Balaban J connectivity index is 2.07. The lowest BCUT2D eigenvalue weighted by Gasteiger charge is -2.18. The predicted molar refractivity (Wildman–Crippen MR) is 65.4 cm³/mol. The Bertz CT molecular complexity index is 365. The summed E-state index contributed by atoms with van der Waals surface area (Å²) >= 11 is 0. The largest absolute Gasteiger partial charge is 0.479 e. The maximum absolute atomic E-state index is 11.3. The van der Waals surface area contributed by atoms with Gasteiger partial charge in [0, 0.05) is 19.0 Å². The van der Waals surface area contributed by atoms with Gasteiger partial charge in [0.25, 0.3) is 0 Å². The molecule has 1 fully saturated rings. The monoisotopic (exact) mass is 273 g/mol. The van der Waals surface area contributed by atoms with Crippen molar-refractivity contribution in [3.8, 4) is 0 Å². The lowest BCUT2D eigenvalue weighted by molar-refractivity contribution is -0.155. The van der Waals surface area contributed by atoms with E-state index in [9.17, 15) is 19.5 Å². The lowest BCUT2D eigenvalue weighted by Crippen LogP contribution is -2.49. The second-order valence-electron chi connectivity index (χ2n) is 4.75. The van der Waals surface area contributed by atoms with Crippen LogP contribution in [0.1, 0.15) is 19.8 Å². The Kier molecular flexibility index (Phi) is 5.11. The van der Waals surface area contributed by atoms with Crippen molar-refractivity contribution < 1.29 is 24.6 Å². The van der Waals surface area contributed by atoms with Crippen LogP contribution in [0.4, 0.5) is 4.79 Å². The number of hydrogen-bond donors (Lipinski definition) is 5. The summed E-state index contributed by atoms with van der Waals surface area (Å²) in [5.41, 5.74) is -2.00. The third-order valence-electron chi connectivity index (χ3n) is 2.71. The Morgan fingerprint density at radius 3 is 2.26 bits per heavy atom. The Morgan fingerprint density at radius 1 is 1.16 bits per heavy atom. The smallest absolute Gasteiger partial charge is 0.337 e. The van der Waals surface area contributed by atoms with E-state index < -0.39 is 24.1 Å². The molecule has 108 valence electrons. The predicted octanol–water partition coefficient (Wildman–Crippen LogP) is -1.35. The van der Waals surface area contributed by atoms with Crippen molar-refractivity contribution in [3.05, 3.63) is 0 Å². The van der Waals surface area contributed by atoms with Crippen LogP contribution in [0.2, 0.25) is 0 Å². The number of aliphatic carboxylic acids is 1. The van der Waals surface area contributed by atoms with Crippen LogP contribution in [-0.4, -0.2) is 53.4 Å². The van der Waals surface area contributed by atoms with Gasteiger partial charge in [0.15, 0.2) is 5.60 Å². The van der Waals surface area contributed by atoms with Crippen molar-refractivity contribution in [1.29, 1.82) is 0 Å². The molecule has 0 heterocycles. The van der Waals surface area contributed by atoms with Gasteiger partial charge in [-0.25, -0.2) is 9.59 Å². The third-order valence-corrected chi connectivity index (χ3v) is 2.71. The van der Waals surface area contributed by atoms with Crippen LogP contribution in [0.25, 0.3) is 0 Å². The molecule has 0 saturated heterocycles. The van der Waals surface area contributed by atoms with Gasteiger partial charge in [-0.15, -0.1) is 0 Å². The number of hydrogen-bond acceptors (Lipinski definition) is 4. The molecule has 0 aromatic carbocycles. The summed E-state index contributed by atoms with van der Waals surface area (Å²) in [7, 11) is 0. The first-order valence-electron chi connectivity index (χ1n) is 6.08.